The monoisotopic (exact) mass is 187 g/mol. The van der Waals surface area contributed by atoms with E-state index in [1.807, 2.05) is 0 Å². The summed E-state index contributed by atoms with van der Waals surface area (Å²) in [6.07, 6.45) is 5.67. The van der Waals surface area contributed by atoms with E-state index in [-0.39, 0.29) is 0 Å². The summed E-state index contributed by atoms with van der Waals surface area (Å²) in [5, 5.41) is 0. The highest BCUT2D eigenvalue weighted by Gasteiger charge is 2.27. The van der Waals surface area contributed by atoms with Gasteiger partial charge >= 0.3 is 0 Å². The summed E-state index contributed by atoms with van der Waals surface area (Å²) in [4.78, 5) is 2.62. The van der Waals surface area contributed by atoms with Gasteiger partial charge < -0.3 is 4.90 Å². The molecule has 0 aromatic heterocycles. The van der Waals surface area contributed by atoms with Crippen LogP contribution < -0.4 is 0 Å². The normalized spacial score (nSPS) is 32.2. The number of nitrogens with zero attached hydrogens (tertiary/aromatic N) is 1. The van der Waals surface area contributed by atoms with Crippen LogP contribution in [0.1, 0.15) is 25.7 Å². The molecule has 0 bridgehead atoms. The number of piperidine rings is 1. The van der Waals surface area contributed by atoms with Gasteiger partial charge in [0.05, 0.1) is 0 Å². The van der Waals surface area contributed by atoms with E-state index in [0.717, 1.165) is 17.7 Å². The lowest BCUT2D eigenvalue weighted by molar-refractivity contribution is 0.179. The van der Waals surface area contributed by atoms with Crippen LogP contribution in [0.5, 0.6) is 0 Å². The van der Waals surface area contributed by atoms with Gasteiger partial charge in [-0.25, -0.2) is 0 Å². The van der Waals surface area contributed by atoms with E-state index < -0.39 is 0 Å². The molecule has 0 aromatic rings. The molecular weight excluding hydrogens is 170 g/mol. The lowest BCUT2D eigenvalue weighted by Crippen LogP contribution is -2.37. The van der Waals surface area contributed by atoms with Crippen LogP contribution in [0.25, 0.3) is 0 Å². The molecule has 0 spiro atoms. The zero-order valence-corrected chi connectivity index (χ0v) is 8.39. The fourth-order valence-electron chi connectivity index (χ4n) is 2.11. The van der Waals surface area contributed by atoms with Gasteiger partial charge in [0.1, 0.15) is 0 Å². The highest BCUT2D eigenvalue weighted by Crippen LogP contribution is 2.31. The van der Waals surface area contributed by atoms with Crippen LogP contribution in [0.2, 0.25) is 0 Å². The zero-order chi connectivity index (χ0) is 8.39. The fraction of sp³-hybridized carbons (Fsp3) is 1.00. The Hall–Kier alpha value is 0.250. The molecule has 1 saturated heterocycles. The standard InChI is InChI=1S/C10H18ClN/c11-6-10-2-1-5-12(8-10)7-9-3-4-9/h9-10H,1-8H2. The number of rotatable bonds is 3. The van der Waals surface area contributed by atoms with Gasteiger partial charge in [0.2, 0.25) is 0 Å². The third-order valence-corrected chi connectivity index (χ3v) is 3.47. The SMILES string of the molecule is ClCC1CCCN(CC2CC2)C1. The summed E-state index contributed by atoms with van der Waals surface area (Å²) in [6.45, 7) is 3.94. The Morgan fingerprint density at radius 3 is 2.67 bits per heavy atom. The molecule has 1 aliphatic heterocycles. The molecule has 0 N–H and O–H groups in total. The van der Waals surface area contributed by atoms with Crippen molar-refractivity contribution in [3.63, 3.8) is 0 Å². The average molecular weight is 188 g/mol. The fourth-order valence-corrected chi connectivity index (χ4v) is 2.36. The van der Waals surface area contributed by atoms with E-state index in [9.17, 15) is 0 Å². The van der Waals surface area contributed by atoms with Crippen molar-refractivity contribution in [2.24, 2.45) is 11.8 Å². The summed E-state index contributed by atoms with van der Waals surface area (Å²) in [5.41, 5.74) is 0. The molecule has 0 radical (unpaired) electrons. The van der Waals surface area contributed by atoms with Gasteiger partial charge in [0.15, 0.2) is 0 Å². The Balaban J connectivity index is 1.73. The Kier molecular flexibility index (Phi) is 2.92. The van der Waals surface area contributed by atoms with Gasteiger partial charge in [-0.05, 0) is 44.1 Å². The van der Waals surface area contributed by atoms with Gasteiger partial charge in [0, 0.05) is 19.0 Å². The molecule has 70 valence electrons. The minimum absolute atomic E-state index is 0.777. The second kappa shape index (κ2) is 3.97. The molecule has 1 saturated carbocycles. The van der Waals surface area contributed by atoms with Crippen LogP contribution in [0, 0.1) is 11.8 Å². The van der Waals surface area contributed by atoms with Crippen molar-refractivity contribution in [2.45, 2.75) is 25.7 Å². The molecule has 12 heavy (non-hydrogen) atoms. The molecule has 1 atom stereocenters. The Bertz CT molecular complexity index is 145. The zero-order valence-electron chi connectivity index (χ0n) is 7.64. The van der Waals surface area contributed by atoms with Crippen molar-refractivity contribution >= 4 is 11.6 Å². The molecule has 2 fully saturated rings. The summed E-state index contributed by atoms with van der Waals surface area (Å²) in [7, 11) is 0. The van der Waals surface area contributed by atoms with E-state index in [2.05, 4.69) is 4.90 Å². The van der Waals surface area contributed by atoms with Gasteiger partial charge in [-0.1, -0.05) is 0 Å². The van der Waals surface area contributed by atoms with Crippen LogP contribution in [-0.4, -0.2) is 30.4 Å². The molecular formula is C10H18ClN. The van der Waals surface area contributed by atoms with E-state index in [0.29, 0.717) is 0 Å². The van der Waals surface area contributed by atoms with Gasteiger partial charge in [-0.2, -0.15) is 0 Å². The van der Waals surface area contributed by atoms with Crippen molar-refractivity contribution < 1.29 is 0 Å². The van der Waals surface area contributed by atoms with Crippen LogP contribution in [0.4, 0.5) is 0 Å². The van der Waals surface area contributed by atoms with E-state index in [1.54, 1.807) is 0 Å². The van der Waals surface area contributed by atoms with Gasteiger partial charge in [-0.3, -0.25) is 0 Å². The largest absolute Gasteiger partial charge is 0.303 e. The second-order valence-electron chi connectivity index (χ2n) is 4.37. The third kappa shape index (κ3) is 2.37. The average Bonchev–Trinajstić information content (AvgIpc) is 2.89. The number of likely N-dealkylation sites (tertiary alicyclic amines) is 1. The number of hydrogen-bond donors (Lipinski definition) is 0. The first-order valence-corrected chi connectivity index (χ1v) is 5.70. The van der Waals surface area contributed by atoms with Gasteiger partial charge in [0.25, 0.3) is 0 Å². The van der Waals surface area contributed by atoms with E-state index >= 15 is 0 Å². The molecule has 2 rings (SSSR count). The number of alkyl halides is 1. The summed E-state index contributed by atoms with van der Waals surface area (Å²) < 4.78 is 0. The summed E-state index contributed by atoms with van der Waals surface area (Å²) >= 11 is 5.87. The third-order valence-electron chi connectivity index (χ3n) is 3.03. The molecule has 1 nitrogen and oxygen atoms in total. The molecule has 1 unspecified atom stereocenters. The van der Waals surface area contributed by atoms with E-state index in [4.69, 9.17) is 11.6 Å². The molecule has 2 aliphatic rings. The van der Waals surface area contributed by atoms with Crippen molar-refractivity contribution in [1.29, 1.82) is 0 Å². The van der Waals surface area contributed by atoms with Crippen molar-refractivity contribution in [3.8, 4) is 0 Å². The maximum atomic E-state index is 5.87. The minimum Gasteiger partial charge on any atom is -0.303 e. The molecule has 0 amide bonds. The molecule has 2 heteroatoms. The highest BCUT2D eigenvalue weighted by molar-refractivity contribution is 6.18. The lowest BCUT2D eigenvalue weighted by Gasteiger charge is -2.31. The first-order valence-electron chi connectivity index (χ1n) is 5.17. The summed E-state index contributed by atoms with van der Waals surface area (Å²) in [6, 6.07) is 0. The predicted octanol–water partition coefficient (Wildman–Crippen LogP) is 2.35. The van der Waals surface area contributed by atoms with Crippen LogP contribution in [-0.2, 0) is 0 Å². The minimum atomic E-state index is 0.777. The van der Waals surface area contributed by atoms with Crippen LogP contribution in [0.3, 0.4) is 0 Å². The maximum absolute atomic E-state index is 5.87. The first-order chi connectivity index (χ1) is 5.88. The number of halogens is 1. The van der Waals surface area contributed by atoms with Crippen molar-refractivity contribution in [3.05, 3.63) is 0 Å². The Morgan fingerprint density at radius 1 is 1.17 bits per heavy atom. The van der Waals surface area contributed by atoms with Gasteiger partial charge in [-0.15, -0.1) is 11.6 Å². The second-order valence-corrected chi connectivity index (χ2v) is 4.67. The molecule has 0 aromatic carbocycles. The maximum Gasteiger partial charge on any atom is 0.0263 e. The highest BCUT2D eigenvalue weighted by atomic mass is 35.5. The Labute approximate surface area is 80.1 Å². The Morgan fingerprint density at radius 2 is 2.00 bits per heavy atom. The van der Waals surface area contributed by atoms with Crippen LogP contribution >= 0.6 is 11.6 Å². The first kappa shape index (κ1) is 8.83. The quantitative estimate of drug-likeness (QED) is 0.614. The van der Waals surface area contributed by atoms with E-state index in [1.165, 1.54) is 45.3 Å². The lowest BCUT2D eigenvalue weighted by atomic mass is 10.00. The van der Waals surface area contributed by atoms with Crippen molar-refractivity contribution in [2.75, 3.05) is 25.5 Å². The topological polar surface area (TPSA) is 3.24 Å². The van der Waals surface area contributed by atoms with Crippen LogP contribution in [0.15, 0.2) is 0 Å². The number of hydrogen-bond acceptors (Lipinski definition) is 1. The molecule has 1 aliphatic carbocycles. The molecule has 1 heterocycles. The predicted molar refractivity (Wildman–Crippen MR) is 52.6 cm³/mol. The van der Waals surface area contributed by atoms with Crippen molar-refractivity contribution in [1.82, 2.24) is 4.90 Å². The smallest absolute Gasteiger partial charge is 0.0263 e. The summed E-state index contributed by atoms with van der Waals surface area (Å²) in [5.74, 6) is 2.68.